The Labute approximate surface area is 155 Å². The van der Waals surface area contributed by atoms with Crippen LogP contribution in [0.4, 0.5) is 5.69 Å². The number of aryl methyl sites for hydroxylation is 3. The van der Waals surface area contributed by atoms with Crippen LogP contribution in [-0.2, 0) is 17.6 Å². The first-order valence-corrected chi connectivity index (χ1v) is 9.47. The standard InChI is InChI=1S/C19H18N4O2S/c1-12-21-19(25-23-12)15-6-8-18(20-10-15)26-11-17(24)22-16-7-5-13-3-2-4-14(13)9-16/h5-10H,2-4,11H2,1H3,(H,22,24). The molecule has 0 radical (unpaired) electrons. The molecule has 132 valence electrons. The predicted octanol–water partition coefficient (Wildman–Crippen LogP) is 3.66. The molecule has 2 heterocycles. The molecule has 0 atom stereocenters. The maximum Gasteiger partial charge on any atom is 0.259 e. The number of pyridine rings is 1. The average molecular weight is 366 g/mol. The van der Waals surface area contributed by atoms with Crippen molar-refractivity contribution < 1.29 is 9.32 Å². The largest absolute Gasteiger partial charge is 0.334 e. The van der Waals surface area contributed by atoms with E-state index in [1.807, 2.05) is 18.2 Å². The number of carbonyl (C=O) groups excluding carboxylic acids is 1. The normalized spacial score (nSPS) is 12.8. The Morgan fingerprint density at radius 1 is 1.23 bits per heavy atom. The van der Waals surface area contributed by atoms with Crippen LogP contribution in [-0.4, -0.2) is 26.8 Å². The second-order valence-electron chi connectivity index (χ2n) is 6.21. The summed E-state index contributed by atoms with van der Waals surface area (Å²) >= 11 is 1.39. The van der Waals surface area contributed by atoms with E-state index in [1.54, 1.807) is 13.1 Å². The molecule has 7 heteroatoms. The van der Waals surface area contributed by atoms with Crippen molar-refractivity contribution in [2.45, 2.75) is 31.2 Å². The fourth-order valence-electron chi connectivity index (χ4n) is 2.99. The number of aromatic nitrogens is 3. The third-order valence-electron chi connectivity index (χ3n) is 4.24. The summed E-state index contributed by atoms with van der Waals surface area (Å²) in [6.07, 6.45) is 5.12. The number of thioether (sulfide) groups is 1. The highest BCUT2D eigenvalue weighted by molar-refractivity contribution is 7.99. The summed E-state index contributed by atoms with van der Waals surface area (Å²) in [5, 5.41) is 7.50. The van der Waals surface area contributed by atoms with Crippen LogP contribution in [0.5, 0.6) is 0 Å². The van der Waals surface area contributed by atoms with E-state index < -0.39 is 0 Å². The van der Waals surface area contributed by atoms with Gasteiger partial charge < -0.3 is 9.84 Å². The summed E-state index contributed by atoms with van der Waals surface area (Å²) in [5.41, 5.74) is 4.38. The molecule has 1 aromatic carbocycles. The van der Waals surface area contributed by atoms with Crippen LogP contribution in [0.25, 0.3) is 11.5 Å². The Bertz CT molecular complexity index is 937. The Hall–Kier alpha value is -2.67. The molecule has 6 nitrogen and oxygen atoms in total. The van der Waals surface area contributed by atoms with Crippen LogP contribution >= 0.6 is 11.8 Å². The SMILES string of the molecule is Cc1noc(-c2ccc(SCC(=O)Nc3ccc4c(c3)CCC4)nc2)n1. The zero-order chi connectivity index (χ0) is 17.9. The van der Waals surface area contributed by atoms with Crippen molar-refractivity contribution in [1.29, 1.82) is 0 Å². The van der Waals surface area contributed by atoms with Gasteiger partial charge in [-0.1, -0.05) is 23.0 Å². The number of nitrogens with zero attached hydrogens (tertiary/aromatic N) is 3. The molecule has 3 aromatic rings. The molecule has 0 aliphatic heterocycles. The number of fused-ring (bicyclic) bond motifs is 1. The zero-order valence-electron chi connectivity index (χ0n) is 14.4. The molecule has 1 aliphatic rings. The minimum Gasteiger partial charge on any atom is -0.334 e. The third-order valence-corrected chi connectivity index (χ3v) is 5.19. The first-order chi connectivity index (χ1) is 12.7. The fraction of sp³-hybridized carbons (Fsp3) is 0.263. The van der Waals surface area contributed by atoms with Gasteiger partial charge in [0, 0.05) is 11.9 Å². The highest BCUT2D eigenvalue weighted by atomic mass is 32.2. The molecule has 0 unspecified atom stereocenters. The van der Waals surface area contributed by atoms with E-state index in [0.29, 0.717) is 17.5 Å². The number of hydrogen-bond donors (Lipinski definition) is 1. The molecule has 1 amide bonds. The van der Waals surface area contributed by atoms with E-state index in [0.717, 1.165) is 29.1 Å². The molecule has 26 heavy (non-hydrogen) atoms. The first kappa shape index (κ1) is 16.8. The number of rotatable bonds is 5. The van der Waals surface area contributed by atoms with Crippen molar-refractivity contribution in [2.24, 2.45) is 0 Å². The lowest BCUT2D eigenvalue weighted by atomic mass is 10.1. The van der Waals surface area contributed by atoms with Gasteiger partial charge in [0.2, 0.25) is 5.91 Å². The lowest BCUT2D eigenvalue weighted by molar-refractivity contribution is -0.113. The maximum absolute atomic E-state index is 12.2. The Morgan fingerprint density at radius 3 is 2.88 bits per heavy atom. The topological polar surface area (TPSA) is 80.9 Å². The molecule has 2 aromatic heterocycles. The molecular weight excluding hydrogens is 348 g/mol. The molecular formula is C19H18N4O2S. The van der Waals surface area contributed by atoms with Gasteiger partial charge in [-0.25, -0.2) is 4.98 Å². The molecule has 1 aliphatic carbocycles. The Kier molecular flexibility index (Phi) is 4.71. The van der Waals surface area contributed by atoms with E-state index in [9.17, 15) is 4.79 Å². The maximum atomic E-state index is 12.2. The molecule has 0 bridgehead atoms. The van der Waals surface area contributed by atoms with Crippen LogP contribution in [0, 0.1) is 6.92 Å². The van der Waals surface area contributed by atoms with E-state index in [-0.39, 0.29) is 5.91 Å². The summed E-state index contributed by atoms with van der Waals surface area (Å²) < 4.78 is 5.11. The third kappa shape index (κ3) is 3.77. The van der Waals surface area contributed by atoms with Gasteiger partial charge in [-0.2, -0.15) is 4.98 Å². The van der Waals surface area contributed by atoms with Crippen LogP contribution in [0.15, 0.2) is 46.1 Å². The van der Waals surface area contributed by atoms with E-state index in [2.05, 4.69) is 32.6 Å². The molecule has 0 spiro atoms. The van der Waals surface area contributed by atoms with Gasteiger partial charge in [0.1, 0.15) is 0 Å². The van der Waals surface area contributed by atoms with Crippen LogP contribution < -0.4 is 5.32 Å². The van der Waals surface area contributed by atoms with Crippen molar-refractivity contribution in [1.82, 2.24) is 15.1 Å². The number of anilines is 1. The molecule has 0 saturated carbocycles. The molecule has 0 saturated heterocycles. The van der Waals surface area contributed by atoms with E-state index in [1.165, 1.54) is 29.3 Å². The summed E-state index contributed by atoms with van der Waals surface area (Å²) in [7, 11) is 0. The van der Waals surface area contributed by atoms with Crippen molar-refractivity contribution >= 4 is 23.4 Å². The van der Waals surface area contributed by atoms with Gasteiger partial charge in [0.15, 0.2) is 5.82 Å². The average Bonchev–Trinajstić information content (AvgIpc) is 3.29. The summed E-state index contributed by atoms with van der Waals surface area (Å²) in [6, 6.07) is 9.89. The fourth-order valence-corrected chi connectivity index (χ4v) is 3.64. The van der Waals surface area contributed by atoms with Gasteiger partial charge in [-0.15, -0.1) is 0 Å². The quantitative estimate of drug-likeness (QED) is 0.694. The van der Waals surface area contributed by atoms with Crippen molar-refractivity contribution in [3.05, 3.63) is 53.5 Å². The highest BCUT2D eigenvalue weighted by Gasteiger charge is 2.12. The summed E-state index contributed by atoms with van der Waals surface area (Å²) in [6.45, 7) is 1.77. The zero-order valence-corrected chi connectivity index (χ0v) is 15.2. The minimum absolute atomic E-state index is 0.0358. The summed E-state index contributed by atoms with van der Waals surface area (Å²) in [5.74, 6) is 1.30. The minimum atomic E-state index is -0.0358. The van der Waals surface area contributed by atoms with Gasteiger partial charge in [0.25, 0.3) is 5.89 Å². The number of nitrogens with one attached hydrogen (secondary N) is 1. The monoisotopic (exact) mass is 366 g/mol. The van der Waals surface area contributed by atoms with Crippen molar-refractivity contribution in [2.75, 3.05) is 11.1 Å². The molecule has 4 rings (SSSR count). The van der Waals surface area contributed by atoms with Gasteiger partial charge in [0.05, 0.1) is 16.3 Å². The Balaban J connectivity index is 1.33. The number of amides is 1. The Morgan fingerprint density at radius 2 is 2.12 bits per heavy atom. The van der Waals surface area contributed by atoms with Gasteiger partial charge in [-0.3, -0.25) is 4.79 Å². The second-order valence-corrected chi connectivity index (χ2v) is 7.20. The van der Waals surface area contributed by atoms with Crippen LogP contribution in [0.1, 0.15) is 23.4 Å². The smallest absolute Gasteiger partial charge is 0.259 e. The highest BCUT2D eigenvalue weighted by Crippen LogP contribution is 2.25. The molecule has 0 fully saturated rings. The van der Waals surface area contributed by atoms with Gasteiger partial charge in [-0.05, 0) is 61.6 Å². The predicted molar refractivity (Wildman–Crippen MR) is 100 cm³/mol. The van der Waals surface area contributed by atoms with E-state index >= 15 is 0 Å². The first-order valence-electron chi connectivity index (χ1n) is 8.48. The lowest BCUT2D eigenvalue weighted by Crippen LogP contribution is -2.14. The molecule has 1 N–H and O–H groups in total. The number of carbonyl (C=O) groups is 1. The van der Waals surface area contributed by atoms with E-state index in [4.69, 9.17) is 4.52 Å². The van der Waals surface area contributed by atoms with Gasteiger partial charge >= 0.3 is 0 Å². The second kappa shape index (κ2) is 7.29. The number of benzene rings is 1. The lowest BCUT2D eigenvalue weighted by Gasteiger charge is -2.07. The van der Waals surface area contributed by atoms with Crippen LogP contribution in [0.3, 0.4) is 0 Å². The van der Waals surface area contributed by atoms with Crippen molar-refractivity contribution in [3.8, 4) is 11.5 Å². The number of hydrogen-bond acceptors (Lipinski definition) is 6. The van der Waals surface area contributed by atoms with Crippen LogP contribution in [0.2, 0.25) is 0 Å². The van der Waals surface area contributed by atoms with Crippen molar-refractivity contribution in [3.63, 3.8) is 0 Å². The summed E-state index contributed by atoms with van der Waals surface area (Å²) in [4.78, 5) is 20.7.